The lowest BCUT2D eigenvalue weighted by atomic mass is 9.54. The topological polar surface area (TPSA) is 95.6 Å². The number of nitrogens with one attached hydrogen (secondary N) is 2. The first-order chi connectivity index (χ1) is 24.5. The zero-order valence-electron chi connectivity index (χ0n) is 27.8. The van der Waals surface area contributed by atoms with Gasteiger partial charge in [-0.2, -0.15) is 0 Å². The number of halogens is 2. The van der Waals surface area contributed by atoms with Crippen LogP contribution in [-0.2, 0) is 30.6 Å². The van der Waals surface area contributed by atoms with Gasteiger partial charge in [0, 0.05) is 23.4 Å². The summed E-state index contributed by atoms with van der Waals surface area (Å²) in [5.74, 6) is -4.11. The summed E-state index contributed by atoms with van der Waals surface area (Å²) < 4.78 is 0. The average Bonchev–Trinajstić information content (AvgIpc) is 3.41. The van der Waals surface area contributed by atoms with Gasteiger partial charge in [0.15, 0.2) is 0 Å². The van der Waals surface area contributed by atoms with Crippen molar-refractivity contribution in [3.63, 3.8) is 0 Å². The number of likely N-dealkylation sites (tertiary alicyclic amines) is 1. The first-order valence-corrected chi connectivity index (χ1v) is 17.6. The van der Waals surface area contributed by atoms with Crippen molar-refractivity contribution in [2.24, 2.45) is 11.8 Å². The van der Waals surface area contributed by atoms with Crippen molar-refractivity contribution in [1.29, 1.82) is 0 Å². The van der Waals surface area contributed by atoms with E-state index in [0.29, 0.717) is 39.2 Å². The van der Waals surface area contributed by atoms with Crippen LogP contribution >= 0.6 is 23.2 Å². The molecule has 0 radical (unpaired) electrons. The fraction of sp³-hybridized carbons (Fsp3) is 0.190. The molecule has 5 aromatic carbocycles. The number of anilines is 2. The van der Waals surface area contributed by atoms with Gasteiger partial charge in [0.1, 0.15) is 15.8 Å². The molecular formula is C42H33Cl2N3O4. The smallest absolute Gasteiger partial charge is 0.255 e. The third-order valence-electron chi connectivity index (χ3n) is 10.5. The third-order valence-corrected chi connectivity index (χ3v) is 11.8. The van der Waals surface area contributed by atoms with E-state index >= 15 is 0 Å². The van der Waals surface area contributed by atoms with Gasteiger partial charge < -0.3 is 10.6 Å². The zero-order valence-corrected chi connectivity index (χ0v) is 29.3. The van der Waals surface area contributed by atoms with Crippen LogP contribution < -0.4 is 10.6 Å². The molecule has 3 atom stereocenters. The summed E-state index contributed by atoms with van der Waals surface area (Å²) >= 11 is 15.3. The van der Waals surface area contributed by atoms with Crippen LogP contribution in [-0.4, -0.2) is 34.6 Å². The molecule has 1 aliphatic heterocycles. The minimum Gasteiger partial charge on any atom is -0.324 e. The molecule has 0 spiro atoms. The van der Waals surface area contributed by atoms with E-state index in [9.17, 15) is 19.2 Å². The van der Waals surface area contributed by atoms with Crippen LogP contribution in [0.2, 0.25) is 0 Å². The molecule has 254 valence electrons. The predicted molar refractivity (Wildman–Crippen MR) is 198 cm³/mol. The lowest BCUT2D eigenvalue weighted by Gasteiger charge is -2.54. The Morgan fingerprint density at radius 3 is 1.78 bits per heavy atom. The highest BCUT2D eigenvalue weighted by molar-refractivity contribution is 6.36. The number of rotatable bonds is 7. The SMILES string of the molecule is Cc1ccc(NC(=O)c2cccc(NC(=O)[C@H](Cc3ccccc3)N3C(=O)[C@@H]4[C@@H](C3=O)C3(Cl)c5ccccc5C4(Cl)c4ccccc43)c2)c(C)c1. The normalized spacial score (nSPS) is 23.3. The van der Waals surface area contributed by atoms with Crippen LogP contribution in [0.3, 0.4) is 0 Å². The third kappa shape index (κ3) is 5.01. The highest BCUT2D eigenvalue weighted by atomic mass is 35.5. The van der Waals surface area contributed by atoms with Crippen molar-refractivity contribution in [3.8, 4) is 0 Å². The molecule has 3 aliphatic carbocycles. The molecule has 4 aliphatic rings. The van der Waals surface area contributed by atoms with Crippen molar-refractivity contribution in [1.82, 2.24) is 4.90 Å². The lowest BCUT2D eigenvalue weighted by molar-refractivity contribution is -0.146. The lowest BCUT2D eigenvalue weighted by Crippen LogP contribution is -2.57. The van der Waals surface area contributed by atoms with Crippen molar-refractivity contribution in [2.45, 2.75) is 36.1 Å². The summed E-state index contributed by atoms with van der Waals surface area (Å²) in [6.07, 6.45) is 0.0565. The molecular weight excluding hydrogens is 681 g/mol. The molecule has 4 amide bonds. The van der Waals surface area contributed by atoms with E-state index in [2.05, 4.69) is 10.6 Å². The molecule has 1 heterocycles. The Hall–Kier alpha value is -5.24. The second-order valence-electron chi connectivity index (χ2n) is 13.6. The standard InChI is InChI=1S/C42H33Cl2N3O4/c1-24-19-20-33(25(2)21-24)46-37(48)27-13-10-14-28(23-27)45-38(49)34(22-26-11-4-3-5-12-26)47-39(50)35-36(40(47)51)42(44)30-16-7-6-15-29(30)41(35,43)31-17-8-9-18-32(31)42/h3-21,23,34-36H,22H2,1-2H3,(H,45,49)(H,46,48)/t34-,35-,36-,41?,42?/m0/s1. The van der Waals surface area contributed by atoms with Crippen LogP contribution in [0.5, 0.6) is 0 Å². The van der Waals surface area contributed by atoms with Gasteiger partial charge in [-0.05, 0) is 71.5 Å². The Labute approximate surface area is 305 Å². The number of aryl methyl sites for hydroxylation is 2. The van der Waals surface area contributed by atoms with Gasteiger partial charge >= 0.3 is 0 Å². The Bertz CT molecular complexity index is 2150. The van der Waals surface area contributed by atoms with Crippen molar-refractivity contribution in [2.75, 3.05) is 10.6 Å². The maximum atomic E-state index is 14.8. The van der Waals surface area contributed by atoms with E-state index in [1.165, 1.54) is 0 Å². The quantitative estimate of drug-likeness (QED) is 0.134. The highest BCUT2D eigenvalue weighted by Gasteiger charge is 2.73. The largest absolute Gasteiger partial charge is 0.324 e. The van der Waals surface area contributed by atoms with Crippen LogP contribution in [0.1, 0.15) is 49.3 Å². The number of benzene rings is 5. The van der Waals surface area contributed by atoms with Crippen molar-refractivity contribution in [3.05, 3.63) is 166 Å². The maximum Gasteiger partial charge on any atom is 0.255 e. The molecule has 5 aromatic rings. The van der Waals surface area contributed by atoms with E-state index in [1.807, 2.05) is 111 Å². The summed E-state index contributed by atoms with van der Waals surface area (Å²) in [6.45, 7) is 3.90. The number of carbonyl (C=O) groups excluding carboxylic acids is 4. The monoisotopic (exact) mass is 713 g/mol. The number of amides is 4. The molecule has 51 heavy (non-hydrogen) atoms. The second kappa shape index (κ2) is 12.2. The number of nitrogens with zero attached hydrogens (tertiary/aromatic N) is 1. The van der Waals surface area contributed by atoms with E-state index < -0.39 is 45.3 Å². The van der Waals surface area contributed by atoms with E-state index in [1.54, 1.807) is 24.3 Å². The molecule has 0 unspecified atom stereocenters. The van der Waals surface area contributed by atoms with Gasteiger partial charge in [0.25, 0.3) is 5.91 Å². The minimum absolute atomic E-state index is 0.0565. The van der Waals surface area contributed by atoms with E-state index in [0.717, 1.165) is 21.6 Å². The van der Waals surface area contributed by atoms with Crippen molar-refractivity contribution >= 4 is 58.2 Å². The maximum absolute atomic E-state index is 14.8. The number of hydrogen-bond acceptors (Lipinski definition) is 4. The van der Waals surface area contributed by atoms with Gasteiger partial charge in [-0.25, -0.2) is 0 Å². The van der Waals surface area contributed by atoms with Gasteiger partial charge in [-0.3, -0.25) is 24.1 Å². The summed E-state index contributed by atoms with van der Waals surface area (Å²) in [5, 5.41) is 5.84. The minimum atomic E-state index is -1.37. The number of hydrogen-bond donors (Lipinski definition) is 2. The Kier molecular flexibility index (Phi) is 7.89. The van der Waals surface area contributed by atoms with Crippen LogP contribution in [0.15, 0.2) is 121 Å². The second-order valence-corrected chi connectivity index (χ2v) is 14.8. The fourth-order valence-electron chi connectivity index (χ4n) is 8.25. The highest BCUT2D eigenvalue weighted by Crippen LogP contribution is 2.69. The van der Waals surface area contributed by atoms with E-state index in [-0.39, 0.29) is 12.3 Å². The molecule has 0 saturated carbocycles. The summed E-state index contributed by atoms with van der Waals surface area (Å²) in [4.78, 5) is 55.6. The molecule has 9 heteroatoms. The Morgan fingerprint density at radius 2 is 1.24 bits per heavy atom. The molecule has 2 bridgehead atoms. The van der Waals surface area contributed by atoms with Crippen LogP contribution in [0, 0.1) is 25.7 Å². The zero-order chi connectivity index (χ0) is 35.7. The van der Waals surface area contributed by atoms with E-state index in [4.69, 9.17) is 23.2 Å². The summed E-state index contributed by atoms with van der Waals surface area (Å²) in [6, 6.07) is 35.1. The molecule has 2 N–H and O–H groups in total. The predicted octanol–water partition coefficient (Wildman–Crippen LogP) is 7.70. The molecule has 1 fully saturated rings. The van der Waals surface area contributed by atoms with Crippen molar-refractivity contribution < 1.29 is 19.2 Å². The summed E-state index contributed by atoms with van der Waals surface area (Å²) in [5.41, 5.74) is 6.85. The van der Waals surface area contributed by atoms with Gasteiger partial charge in [-0.1, -0.05) is 103 Å². The van der Waals surface area contributed by atoms with Gasteiger partial charge in [0.2, 0.25) is 17.7 Å². The number of alkyl halides is 2. The number of carbonyl (C=O) groups is 4. The first-order valence-electron chi connectivity index (χ1n) is 16.8. The van der Waals surface area contributed by atoms with Gasteiger partial charge in [-0.15, -0.1) is 23.2 Å². The van der Waals surface area contributed by atoms with Crippen LogP contribution in [0.4, 0.5) is 11.4 Å². The Morgan fingerprint density at radius 1 is 0.686 bits per heavy atom. The van der Waals surface area contributed by atoms with Crippen LogP contribution in [0.25, 0.3) is 0 Å². The van der Waals surface area contributed by atoms with Gasteiger partial charge in [0.05, 0.1) is 11.8 Å². The number of imide groups is 1. The summed E-state index contributed by atoms with van der Waals surface area (Å²) in [7, 11) is 0. The molecule has 1 saturated heterocycles. The molecule has 7 nitrogen and oxygen atoms in total. The molecule has 0 aromatic heterocycles. The first kappa shape index (κ1) is 32.9. The molecule has 9 rings (SSSR count). The Balaban J connectivity index is 1.15. The fourth-order valence-corrected chi connectivity index (χ4v) is 9.34. The average molecular weight is 715 g/mol.